The Balaban J connectivity index is 1.22. The molecule has 1 saturated carbocycles. The van der Waals surface area contributed by atoms with Crippen LogP contribution in [0.3, 0.4) is 0 Å². The van der Waals surface area contributed by atoms with E-state index < -0.39 is 18.1 Å². The third-order valence-corrected chi connectivity index (χ3v) is 7.59. The molecule has 2 N–H and O–H groups in total. The average molecular weight is 478 g/mol. The Morgan fingerprint density at radius 2 is 1.60 bits per heavy atom. The number of benzene rings is 2. The zero-order valence-electron chi connectivity index (χ0n) is 20.0. The minimum absolute atomic E-state index is 0.0282. The van der Waals surface area contributed by atoms with Crippen molar-refractivity contribution in [3.63, 3.8) is 0 Å². The molecule has 1 aliphatic heterocycles. The van der Waals surface area contributed by atoms with Crippen molar-refractivity contribution in [1.82, 2.24) is 15.1 Å². The molecule has 3 aliphatic rings. The van der Waals surface area contributed by atoms with Crippen molar-refractivity contribution >= 4 is 18.0 Å². The summed E-state index contributed by atoms with van der Waals surface area (Å²) < 4.78 is 5.66. The molecule has 0 radical (unpaired) electrons. The number of nitrogens with one attached hydrogen (secondary N) is 1. The number of rotatable bonds is 8. The van der Waals surface area contributed by atoms with Crippen LogP contribution in [0.25, 0.3) is 11.1 Å². The summed E-state index contributed by atoms with van der Waals surface area (Å²) in [6.07, 6.45) is -0.166. The largest absolute Gasteiger partial charge is 0.481 e. The maximum Gasteiger partial charge on any atom is 0.407 e. The Bertz CT molecular complexity index is 1090. The number of alkyl carbamates (subject to hydrolysis) is 1. The molecule has 1 saturated heterocycles. The Morgan fingerprint density at radius 3 is 2.14 bits per heavy atom. The lowest BCUT2D eigenvalue weighted by Crippen LogP contribution is -2.50. The van der Waals surface area contributed by atoms with E-state index in [-0.39, 0.29) is 36.2 Å². The number of hydrogen-bond donors (Lipinski definition) is 2. The lowest BCUT2D eigenvalue weighted by molar-refractivity contribution is -0.141. The van der Waals surface area contributed by atoms with Gasteiger partial charge in [-0.25, -0.2) is 4.79 Å². The molecule has 2 fully saturated rings. The van der Waals surface area contributed by atoms with Crippen LogP contribution in [-0.2, 0) is 14.3 Å². The van der Waals surface area contributed by atoms with Crippen molar-refractivity contribution in [2.75, 3.05) is 40.3 Å². The van der Waals surface area contributed by atoms with Crippen molar-refractivity contribution in [1.29, 1.82) is 0 Å². The van der Waals surface area contributed by atoms with Gasteiger partial charge in [-0.3, -0.25) is 9.59 Å². The number of amides is 2. The van der Waals surface area contributed by atoms with Gasteiger partial charge in [0.2, 0.25) is 5.91 Å². The van der Waals surface area contributed by atoms with Crippen LogP contribution in [0.5, 0.6) is 0 Å². The number of piperidine rings is 1. The van der Waals surface area contributed by atoms with Gasteiger partial charge in [0.1, 0.15) is 12.6 Å². The van der Waals surface area contributed by atoms with Gasteiger partial charge in [0.15, 0.2) is 0 Å². The molecule has 5 rings (SSSR count). The van der Waals surface area contributed by atoms with E-state index in [1.165, 1.54) is 0 Å². The Kier molecular flexibility index (Phi) is 6.23. The standard InChI is InChI=1S/C27H31N3O5/c1-29(2)12-11-23(25(31)30-13-20-21(14-30)24(20)26(32)33)28-27(34)35-15-22-18-9-5-3-7-16(18)17-8-4-6-10-19(17)22/h3-10,20-24H,11-15H2,1-2H3,(H,28,34)(H,32,33). The topological polar surface area (TPSA) is 99.2 Å². The van der Waals surface area contributed by atoms with Gasteiger partial charge in [0.25, 0.3) is 0 Å². The first-order valence-corrected chi connectivity index (χ1v) is 12.1. The first kappa shape index (κ1) is 23.4. The fourth-order valence-electron chi connectivity index (χ4n) is 5.72. The molecular weight excluding hydrogens is 446 g/mol. The molecule has 0 spiro atoms. The summed E-state index contributed by atoms with van der Waals surface area (Å²) in [5, 5.41) is 12.0. The summed E-state index contributed by atoms with van der Waals surface area (Å²) in [6.45, 7) is 1.68. The molecule has 8 nitrogen and oxygen atoms in total. The molecule has 0 aromatic heterocycles. The summed E-state index contributed by atoms with van der Waals surface area (Å²) in [4.78, 5) is 40.9. The van der Waals surface area contributed by atoms with Crippen LogP contribution in [0.1, 0.15) is 23.5 Å². The van der Waals surface area contributed by atoms with Crippen LogP contribution in [0.2, 0.25) is 0 Å². The second-order valence-corrected chi connectivity index (χ2v) is 10.0. The number of nitrogens with zero attached hydrogens (tertiary/aromatic N) is 2. The van der Waals surface area contributed by atoms with Crippen LogP contribution in [0.15, 0.2) is 48.5 Å². The van der Waals surface area contributed by atoms with Crippen LogP contribution >= 0.6 is 0 Å². The Labute approximate surface area is 204 Å². The van der Waals surface area contributed by atoms with Gasteiger partial charge >= 0.3 is 12.1 Å². The van der Waals surface area contributed by atoms with Gasteiger partial charge in [-0.05, 0) is 61.2 Å². The molecule has 3 unspecified atom stereocenters. The van der Waals surface area contributed by atoms with Crippen LogP contribution < -0.4 is 5.32 Å². The fraction of sp³-hybridized carbons (Fsp3) is 0.444. The van der Waals surface area contributed by atoms with Crippen LogP contribution in [-0.4, -0.2) is 79.3 Å². The van der Waals surface area contributed by atoms with Crippen molar-refractivity contribution in [2.45, 2.75) is 18.4 Å². The fourth-order valence-corrected chi connectivity index (χ4v) is 5.72. The van der Waals surface area contributed by atoms with Crippen LogP contribution in [0.4, 0.5) is 4.79 Å². The molecule has 8 heteroatoms. The lowest BCUT2D eigenvalue weighted by atomic mass is 9.98. The molecule has 35 heavy (non-hydrogen) atoms. The second kappa shape index (κ2) is 9.34. The number of carbonyl (C=O) groups excluding carboxylic acids is 2. The number of fused-ring (bicyclic) bond motifs is 4. The van der Waals surface area contributed by atoms with Gasteiger partial charge in [-0.15, -0.1) is 0 Å². The Morgan fingerprint density at radius 1 is 1.03 bits per heavy atom. The maximum absolute atomic E-state index is 13.2. The highest BCUT2D eigenvalue weighted by Crippen LogP contribution is 2.51. The Hall–Kier alpha value is -3.39. The molecule has 2 aliphatic carbocycles. The summed E-state index contributed by atoms with van der Waals surface area (Å²) in [6, 6.07) is 15.6. The molecule has 2 aromatic carbocycles. The first-order valence-electron chi connectivity index (χ1n) is 12.1. The minimum Gasteiger partial charge on any atom is -0.481 e. The maximum atomic E-state index is 13.2. The molecular formula is C27H31N3O5. The normalized spacial score (nSPS) is 22.8. The highest BCUT2D eigenvalue weighted by Gasteiger charge is 2.60. The zero-order valence-corrected chi connectivity index (χ0v) is 20.0. The number of carbonyl (C=O) groups is 3. The van der Waals surface area contributed by atoms with Gasteiger partial charge in [0.05, 0.1) is 5.92 Å². The van der Waals surface area contributed by atoms with Gasteiger partial charge in [-0.1, -0.05) is 48.5 Å². The van der Waals surface area contributed by atoms with E-state index in [1.54, 1.807) is 4.90 Å². The molecule has 184 valence electrons. The number of aliphatic carboxylic acids is 1. The predicted octanol–water partition coefficient (Wildman–Crippen LogP) is 2.63. The quantitative estimate of drug-likeness (QED) is 0.607. The number of carboxylic acids is 1. The number of carboxylic acid groups (broad SMARTS) is 1. The van der Waals surface area contributed by atoms with Gasteiger partial charge in [-0.2, -0.15) is 0 Å². The number of likely N-dealkylation sites (tertiary alicyclic amines) is 1. The number of hydrogen-bond acceptors (Lipinski definition) is 5. The third-order valence-electron chi connectivity index (χ3n) is 7.59. The highest BCUT2D eigenvalue weighted by molar-refractivity contribution is 5.87. The zero-order chi connectivity index (χ0) is 24.7. The van der Waals surface area contributed by atoms with E-state index >= 15 is 0 Å². The smallest absolute Gasteiger partial charge is 0.407 e. The van der Waals surface area contributed by atoms with E-state index in [4.69, 9.17) is 4.74 Å². The molecule has 2 amide bonds. The van der Waals surface area contributed by atoms with Crippen molar-refractivity contribution in [3.05, 3.63) is 59.7 Å². The van der Waals surface area contributed by atoms with E-state index in [0.717, 1.165) is 22.3 Å². The minimum atomic E-state index is -0.784. The van der Waals surface area contributed by atoms with Gasteiger partial charge < -0.3 is 25.0 Å². The first-order chi connectivity index (χ1) is 16.8. The van der Waals surface area contributed by atoms with Gasteiger partial charge in [0, 0.05) is 19.0 Å². The highest BCUT2D eigenvalue weighted by atomic mass is 16.5. The van der Waals surface area contributed by atoms with E-state index in [0.29, 0.717) is 26.1 Å². The average Bonchev–Trinajstić information content (AvgIpc) is 3.19. The molecule has 3 atom stereocenters. The number of ether oxygens (including phenoxy) is 1. The van der Waals surface area contributed by atoms with E-state index in [1.807, 2.05) is 43.3 Å². The lowest BCUT2D eigenvalue weighted by Gasteiger charge is -2.27. The summed E-state index contributed by atoms with van der Waals surface area (Å²) >= 11 is 0. The van der Waals surface area contributed by atoms with Crippen LogP contribution in [0, 0.1) is 17.8 Å². The SMILES string of the molecule is CN(C)CCC(NC(=O)OCC1c2ccccc2-c2ccccc21)C(=O)N1CC2C(C1)C2C(=O)O. The predicted molar refractivity (Wildman–Crippen MR) is 130 cm³/mol. The van der Waals surface area contributed by atoms with Crippen molar-refractivity contribution in [2.24, 2.45) is 17.8 Å². The van der Waals surface area contributed by atoms with E-state index in [2.05, 4.69) is 29.6 Å². The molecule has 1 heterocycles. The third kappa shape index (κ3) is 4.50. The summed E-state index contributed by atoms with van der Waals surface area (Å²) in [5.41, 5.74) is 4.57. The summed E-state index contributed by atoms with van der Waals surface area (Å²) in [5.74, 6) is -1.29. The van der Waals surface area contributed by atoms with E-state index in [9.17, 15) is 19.5 Å². The monoisotopic (exact) mass is 477 g/mol. The second-order valence-electron chi connectivity index (χ2n) is 10.0. The van der Waals surface area contributed by atoms with Crippen molar-refractivity contribution < 1.29 is 24.2 Å². The molecule has 0 bridgehead atoms. The molecule has 2 aromatic rings. The summed E-state index contributed by atoms with van der Waals surface area (Å²) in [7, 11) is 3.83. The van der Waals surface area contributed by atoms with Crippen molar-refractivity contribution in [3.8, 4) is 11.1 Å².